The largest absolute Gasteiger partial charge is 0.481 e. The highest BCUT2D eigenvalue weighted by molar-refractivity contribution is 5.69. The molecule has 0 aliphatic rings. The highest BCUT2D eigenvalue weighted by Crippen LogP contribution is 2.13. The molecule has 0 bridgehead atoms. The van der Waals surface area contributed by atoms with E-state index in [1.807, 2.05) is 4.90 Å². The van der Waals surface area contributed by atoms with Crippen molar-refractivity contribution in [1.29, 1.82) is 0 Å². The van der Waals surface area contributed by atoms with Crippen LogP contribution in [0.25, 0.3) is 0 Å². The van der Waals surface area contributed by atoms with Gasteiger partial charge >= 0.3 is 5.97 Å². The molecule has 1 N–H and O–H groups in total. The van der Waals surface area contributed by atoms with E-state index in [2.05, 4.69) is 13.8 Å². The summed E-state index contributed by atoms with van der Waals surface area (Å²) in [4.78, 5) is 12.9. The molecule has 0 saturated heterocycles. The molecule has 1 rings (SSSR count). The molecule has 0 aliphatic carbocycles. The Morgan fingerprint density at radius 3 is 2.42 bits per heavy atom. The Kier molecular flexibility index (Phi) is 5.96. The van der Waals surface area contributed by atoms with Gasteiger partial charge in [0.2, 0.25) is 0 Å². The molecule has 0 aromatic heterocycles. The third-order valence-corrected chi connectivity index (χ3v) is 2.93. The van der Waals surface area contributed by atoms with Crippen molar-refractivity contribution in [1.82, 2.24) is 4.90 Å². The molecule has 1 unspecified atom stereocenters. The van der Waals surface area contributed by atoms with Crippen molar-refractivity contribution in [3.05, 3.63) is 35.6 Å². The van der Waals surface area contributed by atoms with Crippen molar-refractivity contribution in [2.45, 2.75) is 27.3 Å². The number of rotatable bonds is 7. The maximum Gasteiger partial charge on any atom is 0.307 e. The summed E-state index contributed by atoms with van der Waals surface area (Å²) in [6, 6.07) is 6.63. The fourth-order valence-corrected chi connectivity index (χ4v) is 2.05. The minimum atomic E-state index is -0.817. The van der Waals surface area contributed by atoms with Gasteiger partial charge in [0.25, 0.3) is 0 Å². The molecule has 3 nitrogen and oxygen atoms in total. The van der Waals surface area contributed by atoms with Gasteiger partial charge in [-0.05, 0) is 12.0 Å². The molecule has 19 heavy (non-hydrogen) atoms. The first-order chi connectivity index (χ1) is 8.90. The van der Waals surface area contributed by atoms with Crippen molar-refractivity contribution in [3.8, 4) is 0 Å². The summed E-state index contributed by atoms with van der Waals surface area (Å²) in [6.45, 7) is 7.45. The van der Waals surface area contributed by atoms with Gasteiger partial charge in [0.1, 0.15) is 5.82 Å². The van der Waals surface area contributed by atoms with Crippen LogP contribution in [0.2, 0.25) is 0 Å². The number of carbonyl (C=O) groups is 1. The van der Waals surface area contributed by atoms with Crippen LogP contribution < -0.4 is 0 Å². The summed E-state index contributed by atoms with van der Waals surface area (Å²) in [5.41, 5.74) is 0.612. The molecule has 0 heterocycles. The topological polar surface area (TPSA) is 40.5 Å². The highest BCUT2D eigenvalue weighted by atomic mass is 19.1. The molecule has 0 amide bonds. The Labute approximate surface area is 114 Å². The average molecular weight is 267 g/mol. The SMILES string of the molecule is CC(C)CN(Cc1ccccc1F)CC(C)C(=O)O. The van der Waals surface area contributed by atoms with Crippen LogP contribution >= 0.6 is 0 Å². The van der Waals surface area contributed by atoms with Crippen molar-refractivity contribution < 1.29 is 14.3 Å². The summed E-state index contributed by atoms with van der Waals surface area (Å²) < 4.78 is 13.6. The van der Waals surface area contributed by atoms with E-state index in [4.69, 9.17) is 5.11 Å². The lowest BCUT2D eigenvalue weighted by Crippen LogP contribution is -2.34. The summed E-state index contributed by atoms with van der Waals surface area (Å²) in [6.07, 6.45) is 0. The lowest BCUT2D eigenvalue weighted by Gasteiger charge is -2.26. The maximum absolute atomic E-state index is 13.6. The Morgan fingerprint density at radius 1 is 1.26 bits per heavy atom. The smallest absolute Gasteiger partial charge is 0.307 e. The monoisotopic (exact) mass is 267 g/mol. The number of hydrogen-bond acceptors (Lipinski definition) is 2. The van der Waals surface area contributed by atoms with Gasteiger partial charge in [-0.25, -0.2) is 4.39 Å². The van der Waals surface area contributed by atoms with E-state index in [0.717, 1.165) is 6.54 Å². The van der Waals surface area contributed by atoms with Gasteiger partial charge in [0, 0.05) is 25.2 Å². The number of nitrogens with zero attached hydrogens (tertiary/aromatic N) is 1. The van der Waals surface area contributed by atoms with Crippen molar-refractivity contribution in [2.75, 3.05) is 13.1 Å². The average Bonchev–Trinajstić information content (AvgIpc) is 2.31. The maximum atomic E-state index is 13.6. The molecule has 4 heteroatoms. The molecule has 1 aromatic rings. The Morgan fingerprint density at radius 2 is 1.89 bits per heavy atom. The van der Waals surface area contributed by atoms with Crippen molar-refractivity contribution in [2.24, 2.45) is 11.8 Å². The standard InChI is InChI=1S/C15H22FNO2/c1-11(2)8-17(9-12(3)15(18)19)10-13-6-4-5-7-14(13)16/h4-7,11-12H,8-10H2,1-3H3,(H,18,19). The Balaban J connectivity index is 2.74. The molecule has 1 atom stereocenters. The van der Waals surface area contributed by atoms with Gasteiger partial charge in [-0.1, -0.05) is 39.0 Å². The van der Waals surface area contributed by atoms with E-state index in [0.29, 0.717) is 24.6 Å². The third kappa shape index (κ3) is 5.39. The molecular formula is C15H22FNO2. The van der Waals surface area contributed by atoms with E-state index in [9.17, 15) is 9.18 Å². The van der Waals surface area contributed by atoms with Crippen LogP contribution in [0.5, 0.6) is 0 Å². The number of benzene rings is 1. The van der Waals surface area contributed by atoms with E-state index in [-0.39, 0.29) is 5.82 Å². The molecular weight excluding hydrogens is 245 g/mol. The number of hydrogen-bond donors (Lipinski definition) is 1. The van der Waals surface area contributed by atoms with Gasteiger partial charge in [-0.15, -0.1) is 0 Å². The number of carboxylic acids is 1. The molecule has 0 fully saturated rings. The van der Waals surface area contributed by atoms with Gasteiger partial charge in [0.15, 0.2) is 0 Å². The second-order valence-electron chi connectivity index (χ2n) is 5.42. The Bertz CT molecular complexity index is 420. The highest BCUT2D eigenvalue weighted by Gasteiger charge is 2.18. The zero-order valence-corrected chi connectivity index (χ0v) is 11.8. The molecule has 0 spiro atoms. The van der Waals surface area contributed by atoms with Crippen LogP contribution in [0.1, 0.15) is 26.3 Å². The summed E-state index contributed by atoms with van der Waals surface area (Å²) in [7, 11) is 0. The second kappa shape index (κ2) is 7.24. The lowest BCUT2D eigenvalue weighted by molar-refractivity contribution is -0.141. The molecule has 0 radical (unpaired) electrons. The van der Waals surface area contributed by atoms with Crippen molar-refractivity contribution in [3.63, 3.8) is 0 Å². The third-order valence-electron chi connectivity index (χ3n) is 2.93. The van der Waals surface area contributed by atoms with E-state index in [1.165, 1.54) is 6.07 Å². The minimum Gasteiger partial charge on any atom is -0.481 e. The van der Waals surface area contributed by atoms with E-state index < -0.39 is 11.9 Å². The van der Waals surface area contributed by atoms with Crippen LogP contribution in [-0.4, -0.2) is 29.1 Å². The molecule has 106 valence electrons. The number of aliphatic carboxylic acids is 1. The molecule has 0 saturated carbocycles. The second-order valence-corrected chi connectivity index (χ2v) is 5.42. The predicted molar refractivity (Wildman–Crippen MR) is 73.3 cm³/mol. The molecule has 0 aliphatic heterocycles. The summed E-state index contributed by atoms with van der Waals surface area (Å²) in [5, 5.41) is 8.98. The fourth-order valence-electron chi connectivity index (χ4n) is 2.05. The minimum absolute atomic E-state index is 0.237. The Hall–Kier alpha value is -1.42. The number of halogens is 1. The van der Waals surface area contributed by atoms with Gasteiger partial charge in [-0.3, -0.25) is 9.69 Å². The van der Waals surface area contributed by atoms with Gasteiger partial charge < -0.3 is 5.11 Å². The van der Waals surface area contributed by atoms with Gasteiger partial charge in [0.05, 0.1) is 5.92 Å². The van der Waals surface area contributed by atoms with Crippen LogP contribution in [0.15, 0.2) is 24.3 Å². The zero-order valence-electron chi connectivity index (χ0n) is 11.8. The van der Waals surface area contributed by atoms with Gasteiger partial charge in [-0.2, -0.15) is 0 Å². The van der Waals surface area contributed by atoms with Crippen LogP contribution in [0, 0.1) is 17.7 Å². The van der Waals surface area contributed by atoms with Crippen LogP contribution in [0.3, 0.4) is 0 Å². The van der Waals surface area contributed by atoms with Crippen molar-refractivity contribution >= 4 is 5.97 Å². The van der Waals surface area contributed by atoms with E-state index in [1.54, 1.807) is 25.1 Å². The zero-order chi connectivity index (χ0) is 14.4. The number of carboxylic acid groups (broad SMARTS) is 1. The first-order valence-electron chi connectivity index (χ1n) is 6.58. The molecule has 1 aromatic carbocycles. The quantitative estimate of drug-likeness (QED) is 0.825. The first-order valence-corrected chi connectivity index (χ1v) is 6.58. The van der Waals surface area contributed by atoms with Crippen LogP contribution in [-0.2, 0) is 11.3 Å². The van der Waals surface area contributed by atoms with Crippen LogP contribution in [0.4, 0.5) is 4.39 Å². The summed E-state index contributed by atoms with van der Waals surface area (Å²) in [5.74, 6) is -1.10. The normalized spacial score (nSPS) is 12.9. The summed E-state index contributed by atoms with van der Waals surface area (Å²) >= 11 is 0. The van der Waals surface area contributed by atoms with E-state index >= 15 is 0 Å². The first kappa shape index (κ1) is 15.6. The lowest BCUT2D eigenvalue weighted by atomic mass is 10.1. The fraction of sp³-hybridized carbons (Fsp3) is 0.533. The predicted octanol–water partition coefficient (Wildman–Crippen LogP) is 3.00.